The largest absolute Gasteiger partial charge is 0.495 e. The molecule has 0 fully saturated rings. The van der Waals surface area contributed by atoms with Crippen LogP contribution < -0.4 is 4.74 Å². The number of benzene rings is 1. The van der Waals surface area contributed by atoms with Crippen molar-refractivity contribution in [2.24, 2.45) is 0 Å². The van der Waals surface area contributed by atoms with E-state index in [0.29, 0.717) is 16.3 Å². The Morgan fingerprint density at radius 1 is 1.43 bits per heavy atom. The third-order valence-corrected chi connectivity index (χ3v) is 2.94. The van der Waals surface area contributed by atoms with Crippen LogP contribution in [0.25, 0.3) is 0 Å². The summed E-state index contributed by atoms with van der Waals surface area (Å²) in [5.41, 5.74) is 0.436. The zero-order valence-electron chi connectivity index (χ0n) is 7.31. The Balaban J connectivity index is 2.96. The molecule has 0 amide bonds. The summed E-state index contributed by atoms with van der Waals surface area (Å²) in [6.07, 6.45) is -2.46. The van der Waals surface area contributed by atoms with Gasteiger partial charge in [-0.05, 0) is 17.7 Å². The SMILES string of the molecule is COc1ccc(C(Br)C(F)F)cc1Cl. The minimum absolute atomic E-state index is 0.329. The summed E-state index contributed by atoms with van der Waals surface area (Å²) >= 11 is 8.67. The van der Waals surface area contributed by atoms with E-state index >= 15 is 0 Å². The van der Waals surface area contributed by atoms with Gasteiger partial charge in [-0.1, -0.05) is 33.6 Å². The van der Waals surface area contributed by atoms with Crippen molar-refractivity contribution in [3.8, 4) is 5.75 Å². The first-order valence-electron chi connectivity index (χ1n) is 3.82. The molecular formula is C9H8BrClF2O. The summed E-state index contributed by atoms with van der Waals surface area (Å²) in [6, 6.07) is 4.58. The monoisotopic (exact) mass is 284 g/mol. The molecule has 0 aliphatic heterocycles. The van der Waals surface area contributed by atoms with Gasteiger partial charge in [0.25, 0.3) is 6.43 Å². The molecule has 1 aromatic rings. The van der Waals surface area contributed by atoms with Gasteiger partial charge in [0, 0.05) is 0 Å². The van der Waals surface area contributed by atoms with Crippen molar-refractivity contribution in [3.63, 3.8) is 0 Å². The predicted octanol–water partition coefficient (Wildman–Crippen LogP) is 4.05. The van der Waals surface area contributed by atoms with Crippen LogP contribution in [0, 0.1) is 0 Å². The zero-order valence-corrected chi connectivity index (χ0v) is 9.65. The fourth-order valence-electron chi connectivity index (χ4n) is 1.000. The molecule has 1 aromatic carbocycles. The lowest BCUT2D eigenvalue weighted by molar-refractivity contribution is 0.147. The van der Waals surface area contributed by atoms with E-state index < -0.39 is 11.3 Å². The Labute approximate surface area is 94.1 Å². The van der Waals surface area contributed by atoms with Gasteiger partial charge in [-0.3, -0.25) is 0 Å². The van der Waals surface area contributed by atoms with Gasteiger partial charge < -0.3 is 4.74 Å². The van der Waals surface area contributed by atoms with Gasteiger partial charge >= 0.3 is 0 Å². The molecule has 1 rings (SSSR count). The fourth-order valence-corrected chi connectivity index (χ4v) is 1.55. The van der Waals surface area contributed by atoms with Crippen molar-refractivity contribution in [1.82, 2.24) is 0 Å². The summed E-state index contributed by atoms with van der Waals surface area (Å²) in [4.78, 5) is -0.995. The van der Waals surface area contributed by atoms with E-state index in [4.69, 9.17) is 16.3 Å². The maximum Gasteiger partial charge on any atom is 0.255 e. The molecule has 0 saturated carbocycles. The summed E-state index contributed by atoms with van der Waals surface area (Å²) in [5, 5.41) is 0.329. The summed E-state index contributed by atoms with van der Waals surface area (Å²) < 4.78 is 29.5. The molecule has 78 valence electrons. The van der Waals surface area contributed by atoms with Gasteiger partial charge in [0.05, 0.1) is 12.1 Å². The van der Waals surface area contributed by atoms with Crippen LogP contribution in [0.3, 0.4) is 0 Å². The molecule has 5 heteroatoms. The number of rotatable bonds is 3. The minimum atomic E-state index is -2.46. The standard InChI is InChI=1S/C9H8BrClF2O/c1-14-7-3-2-5(4-6(7)11)8(10)9(12)13/h2-4,8-9H,1H3. The van der Waals surface area contributed by atoms with E-state index in [1.165, 1.54) is 13.2 Å². The van der Waals surface area contributed by atoms with Crippen LogP contribution in [0.4, 0.5) is 8.78 Å². The second-order valence-corrected chi connectivity index (χ2v) is 4.02. The molecule has 1 unspecified atom stereocenters. The molecule has 0 spiro atoms. The first-order valence-corrected chi connectivity index (χ1v) is 5.11. The number of hydrogen-bond donors (Lipinski definition) is 0. The van der Waals surface area contributed by atoms with E-state index in [1.54, 1.807) is 12.1 Å². The van der Waals surface area contributed by atoms with Crippen LogP contribution in [0.15, 0.2) is 18.2 Å². The van der Waals surface area contributed by atoms with E-state index in [0.717, 1.165) is 0 Å². The molecule has 0 bridgehead atoms. The highest BCUT2D eigenvalue weighted by molar-refractivity contribution is 9.09. The normalized spacial score (nSPS) is 13.0. The molecule has 1 nitrogen and oxygen atoms in total. The third kappa shape index (κ3) is 2.58. The van der Waals surface area contributed by atoms with Crippen molar-refractivity contribution in [2.45, 2.75) is 11.3 Å². The average Bonchev–Trinajstić information content (AvgIpc) is 2.16. The zero-order chi connectivity index (χ0) is 10.7. The second-order valence-electron chi connectivity index (χ2n) is 2.63. The Hall–Kier alpha value is -0.350. The topological polar surface area (TPSA) is 9.23 Å². The summed E-state index contributed by atoms with van der Waals surface area (Å²) in [6.45, 7) is 0. The molecule has 1 atom stereocenters. The first-order chi connectivity index (χ1) is 6.56. The molecule has 0 N–H and O–H groups in total. The molecule has 0 aliphatic carbocycles. The highest BCUT2D eigenvalue weighted by atomic mass is 79.9. The number of ether oxygens (including phenoxy) is 1. The van der Waals surface area contributed by atoms with Crippen LogP contribution in [0.2, 0.25) is 5.02 Å². The third-order valence-electron chi connectivity index (χ3n) is 1.72. The van der Waals surface area contributed by atoms with Crippen LogP contribution in [0.5, 0.6) is 5.75 Å². The van der Waals surface area contributed by atoms with E-state index in [9.17, 15) is 8.78 Å². The molecule has 0 radical (unpaired) electrons. The van der Waals surface area contributed by atoms with Gasteiger partial charge in [0.2, 0.25) is 0 Å². The van der Waals surface area contributed by atoms with Crippen molar-refractivity contribution >= 4 is 27.5 Å². The van der Waals surface area contributed by atoms with Gasteiger partial charge in [-0.2, -0.15) is 0 Å². The molecule has 0 heterocycles. The first kappa shape index (κ1) is 11.7. The Morgan fingerprint density at radius 3 is 2.50 bits per heavy atom. The lowest BCUT2D eigenvalue weighted by Gasteiger charge is -2.10. The number of alkyl halides is 3. The number of halogens is 4. The van der Waals surface area contributed by atoms with Crippen molar-refractivity contribution in [2.75, 3.05) is 7.11 Å². The molecule has 14 heavy (non-hydrogen) atoms. The van der Waals surface area contributed by atoms with Crippen molar-refractivity contribution in [3.05, 3.63) is 28.8 Å². The van der Waals surface area contributed by atoms with Crippen molar-refractivity contribution < 1.29 is 13.5 Å². The highest BCUT2D eigenvalue weighted by Crippen LogP contribution is 2.34. The van der Waals surface area contributed by atoms with Crippen LogP contribution in [-0.4, -0.2) is 13.5 Å². The van der Waals surface area contributed by atoms with E-state index in [-0.39, 0.29) is 0 Å². The van der Waals surface area contributed by atoms with Gasteiger partial charge in [-0.25, -0.2) is 8.78 Å². The van der Waals surface area contributed by atoms with Gasteiger partial charge in [-0.15, -0.1) is 0 Å². The maximum absolute atomic E-state index is 12.3. The quantitative estimate of drug-likeness (QED) is 0.761. The molecule has 0 aliphatic rings. The smallest absolute Gasteiger partial charge is 0.255 e. The predicted molar refractivity (Wildman–Crippen MR) is 55.7 cm³/mol. The van der Waals surface area contributed by atoms with Gasteiger partial charge in [0.1, 0.15) is 10.6 Å². The Bertz CT molecular complexity index is 320. The number of hydrogen-bond acceptors (Lipinski definition) is 1. The Kier molecular flexibility index (Phi) is 4.13. The van der Waals surface area contributed by atoms with E-state index in [1.807, 2.05) is 0 Å². The summed E-state index contributed by atoms with van der Waals surface area (Å²) in [5.74, 6) is 0.476. The second kappa shape index (κ2) is 4.94. The fraction of sp³-hybridized carbons (Fsp3) is 0.333. The van der Waals surface area contributed by atoms with Crippen LogP contribution in [-0.2, 0) is 0 Å². The average molecular weight is 286 g/mol. The lowest BCUT2D eigenvalue weighted by Crippen LogP contribution is -2.01. The maximum atomic E-state index is 12.3. The minimum Gasteiger partial charge on any atom is -0.495 e. The lowest BCUT2D eigenvalue weighted by atomic mass is 10.1. The van der Waals surface area contributed by atoms with Crippen LogP contribution in [0.1, 0.15) is 10.4 Å². The van der Waals surface area contributed by atoms with E-state index in [2.05, 4.69) is 15.9 Å². The number of methoxy groups -OCH3 is 1. The molecule has 0 aromatic heterocycles. The Morgan fingerprint density at radius 2 is 2.07 bits per heavy atom. The summed E-state index contributed by atoms with van der Waals surface area (Å²) in [7, 11) is 1.47. The molecular weight excluding hydrogens is 277 g/mol. The molecule has 0 saturated heterocycles. The highest BCUT2D eigenvalue weighted by Gasteiger charge is 2.19. The van der Waals surface area contributed by atoms with Gasteiger partial charge in [0.15, 0.2) is 0 Å². The van der Waals surface area contributed by atoms with Crippen molar-refractivity contribution in [1.29, 1.82) is 0 Å². The van der Waals surface area contributed by atoms with Crippen LogP contribution >= 0.6 is 27.5 Å².